The summed E-state index contributed by atoms with van der Waals surface area (Å²) in [7, 11) is -1.50. The van der Waals surface area contributed by atoms with Crippen LogP contribution in [0.4, 0.5) is 0 Å². The Balaban J connectivity index is 2.69. The second-order valence-corrected chi connectivity index (χ2v) is 8.10. The van der Waals surface area contributed by atoms with Crippen LogP contribution in [0.5, 0.6) is 0 Å². The average Bonchev–Trinajstić information content (AvgIpc) is 2.28. The molecule has 1 fully saturated rings. The largest absolute Gasteiger partial charge is 0.383 e. The van der Waals surface area contributed by atoms with Crippen LogP contribution in [0.2, 0.25) is 0 Å². The fourth-order valence-electron chi connectivity index (χ4n) is 1.75. The van der Waals surface area contributed by atoms with E-state index in [-0.39, 0.29) is 6.04 Å². The van der Waals surface area contributed by atoms with Crippen molar-refractivity contribution in [3.63, 3.8) is 0 Å². The van der Waals surface area contributed by atoms with Gasteiger partial charge in [0, 0.05) is 37.5 Å². The quantitative estimate of drug-likeness (QED) is 0.750. The van der Waals surface area contributed by atoms with Gasteiger partial charge in [0.25, 0.3) is 0 Å². The van der Waals surface area contributed by atoms with Crippen molar-refractivity contribution in [3.8, 4) is 0 Å². The van der Waals surface area contributed by atoms with Crippen LogP contribution in [-0.4, -0.2) is 67.9 Å². The Bertz CT molecular complexity index is 386. The SMILES string of the molecule is COCC(C)NC(=S)N1CCSCC1S(C)(=O)=O. The van der Waals surface area contributed by atoms with Gasteiger partial charge in [-0.15, -0.1) is 0 Å². The van der Waals surface area contributed by atoms with Gasteiger partial charge in [-0.25, -0.2) is 8.42 Å². The van der Waals surface area contributed by atoms with E-state index in [1.807, 2.05) is 6.92 Å². The standard InChI is InChI=1S/C10H20N2O3S3/c1-8(6-15-2)11-10(16)12-4-5-17-7-9(12)18(3,13)14/h8-9H,4-7H2,1-3H3,(H,11,16). The first-order chi connectivity index (χ1) is 8.36. The molecule has 2 atom stereocenters. The molecule has 2 unspecified atom stereocenters. The molecule has 1 aliphatic rings. The fraction of sp³-hybridized carbons (Fsp3) is 0.900. The van der Waals surface area contributed by atoms with E-state index in [9.17, 15) is 8.42 Å². The van der Waals surface area contributed by atoms with Crippen LogP contribution in [0.25, 0.3) is 0 Å². The molecule has 0 radical (unpaired) electrons. The van der Waals surface area contributed by atoms with Gasteiger partial charge >= 0.3 is 0 Å². The number of methoxy groups -OCH3 is 1. The summed E-state index contributed by atoms with van der Waals surface area (Å²) in [5.74, 6) is 1.46. The lowest BCUT2D eigenvalue weighted by atomic mass is 10.4. The normalized spacial score (nSPS) is 22.6. The molecule has 0 aromatic heterocycles. The first-order valence-electron chi connectivity index (χ1n) is 5.69. The second-order valence-electron chi connectivity index (χ2n) is 4.36. The van der Waals surface area contributed by atoms with Gasteiger partial charge in [-0.2, -0.15) is 11.8 Å². The van der Waals surface area contributed by atoms with Crippen LogP contribution in [0, 0.1) is 0 Å². The molecule has 1 heterocycles. The van der Waals surface area contributed by atoms with Crippen molar-refractivity contribution in [3.05, 3.63) is 0 Å². The molecular formula is C10H20N2O3S3. The number of sulfone groups is 1. The molecule has 8 heteroatoms. The number of hydrogen-bond donors (Lipinski definition) is 1. The molecule has 0 spiro atoms. The maximum absolute atomic E-state index is 11.7. The highest BCUT2D eigenvalue weighted by Gasteiger charge is 2.32. The molecule has 0 amide bonds. The molecule has 0 aromatic rings. The zero-order valence-corrected chi connectivity index (χ0v) is 13.3. The number of rotatable bonds is 4. The maximum Gasteiger partial charge on any atom is 0.170 e. The van der Waals surface area contributed by atoms with Gasteiger partial charge in [-0.05, 0) is 19.1 Å². The van der Waals surface area contributed by atoms with E-state index >= 15 is 0 Å². The maximum atomic E-state index is 11.7. The first-order valence-corrected chi connectivity index (χ1v) is 9.20. The third-order valence-electron chi connectivity index (χ3n) is 2.63. The molecule has 0 saturated carbocycles. The summed E-state index contributed by atoms with van der Waals surface area (Å²) in [5, 5.41) is 3.08. The summed E-state index contributed by atoms with van der Waals surface area (Å²) in [6, 6.07) is 0.0669. The summed E-state index contributed by atoms with van der Waals surface area (Å²) in [6.07, 6.45) is 1.26. The van der Waals surface area contributed by atoms with E-state index in [4.69, 9.17) is 17.0 Å². The van der Waals surface area contributed by atoms with Crippen LogP contribution >= 0.6 is 24.0 Å². The molecular weight excluding hydrogens is 292 g/mol. The Labute approximate surface area is 119 Å². The Morgan fingerprint density at radius 2 is 2.33 bits per heavy atom. The summed E-state index contributed by atoms with van der Waals surface area (Å²) < 4.78 is 28.5. The van der Waals surface area contributed by atoms with E-state index in [2.05, 4.69) is 5.32 Å². The van der Waals surface area contributed by atoms with Crippen molar-refractivity contribution in [2.75, 3.05) is 38.0 Å². The van der Waals surface area contributed by atoms with Crippen molar-refractivity contribution < 1.29 is 13.2 Å². The number of ether oxygens (including phenoxy) is 1. The fourth-order valence-corrected chi connectivity index (χ4v) is 5.06. The van der Waals surface area contributed by atoms with E-state index in [1.54, 1.807) is 23.8 Å². The molecule has 18 heavy (non-hydrogen) atoms. The van der Waals surface area contributed by atoms with Gasteiger partial charge in [0.05, 0.1) is 6.61 Å². The molecule has 1 N–H and O–H groups in total. The van der Waals surface area contributed by atoms with Crippen LogP contribution in [0.15, 0.2) is 0 Å². The molecule has 0 aromatic carbocycles. The Morgan fingerprint density at radius 1 is 1.67 bits per heavy atom. The van der Waals surface area contributed by atoms with Crippen molar-refractivity contribution >= 4 is 38.9 Å². The lowest BCUT2D eigenvalue weighted by Crippen LogP contribution is -2.55. The number of thioether (sulfide) groups is 1. The highest BCUT2D eigenvalue weighted by molar-refractivity contribution is 8.00. The predicted octanol–water partition coefficient (Wildman–Crippen LogP) is 0.315. The highest BCUT2D eigenvalue weighted by Crippen LogP contribution is 2.20. The number of nitrogens with zero attached hydrogens (tertiary/aromatic N) is 1. The van der Waals surface area contributed by atoms with Gasteiger partial charge in [0.1, 0.15) is 5.37 Å². The summed E-state index contributed by atoms with van der Waals surface area (Å²) in [5.41, 5.74) is 0. The average molecular weight is 312 g/mol. The van der Waals surface area contributed by atoms with E-state index in [0.717, 1.165) is 5.75 Å². The number of thiocarbonyl (C=S) groups is 1. The first kappa shape index (κ1) is 16.0. The molecule has 1 saturated heterocycles. The monoisotopic (exact) mass is 312 g/mol. The minimum absolute atomic E-state index is 0.0669. The van der Waals surface area contributed by atoms with Gasteiger partial charge in [-0.1, -0.05) is 0 Å². The van der Waals surface area contributed by atoms with Gasteiger partial charge in [-0.3, -0.25) is 0 Å². The molecule has 5 nitrogen and oxygen atoms in total. The lowest BCUT2D eigenvalue weighted by Gasteiger charge is -2.36. The minimum Gasteiger partial charge on any atom is -0.383 e. The Hall–Kier alpha value is -0.0500. The van der Waals surface area contributed by atoms with Crippen LogP contribution in [0.3, 0.4) is 0 Å². The van der Waals surface area contributed by atoms with E-state index < -0.39 is 15.2 Å². The Morgan fingerprint density at radius 3 is 2.89 bits per heavy atom. The minimum atomic E-state index is -3.12. The van der Waals surface area contributed by atoms with Crippen molar-refractivity contribution in [2.45, 2.75) is 18.3 Å². The number of hydrogen-bond acceptors (Lipinski definition) is 5. The van der Waals surface area contributed by atoms with Crippen molar-refractivity contribution in [2.24, 2.45) is 0 Å². The zero-order valence-electron chi connectivity index (χ0n) is 10.9. The molecule has 0 aliphatic carbocycles. The second kappa shape index (κ2) is 6.93. The van der Waals surface area contributed by atoms with Gasteiger partial charge in [0.2, 0.25) is 0 Å². The molecule has 1 rings (SSSR count). The molecule has 0 bridgehead atoms. The van der Waals surface area contributed by atoms with E-state index in [1.165, 1.54) is 6.26 Å². The van der Waals surface area contributed by atoms with E-state index in [0.29, 0.717) is 24.0 Å². The smallest absolute Gasteiger partial charge is 0.170 e. The summed E-state index contributed by atoms with van der Waals surface area (Å²) in [4.78, 5) is 1.77. The summed E-state index contributed by atoms with van der Waals surface area (Å²) >= 11 is 6.94. The van der Waals surface area contributed by atoms with Crippen molar-refractivity contribution in [1.29, 1.82) is 0 Å². The van der Waals surface area contributed by atoms with Crippen LogP contribution < -0.4 is 5.32 Å². The van der Waals surface area contributed by atoms with Crippen LogP contribution in [-0.2, 0) is 14.6 Å². The third-order valence-corrected chi connectivity index (χ3v) is 5.62. The van der Waals surface area contributed by atoms with Crippen LogP contribution in [0.1, 0.15) is 6.92 Å². The molecule has 106 valence electrons. The topological polar surface area (TPSA) is 58.6 Å². The summed E-state index contributed by atoms with van der Waals surface area (Å²) in [6.45, 7) is 3.14. The molecule has 1 aliphatic heterocycles. The van der Waals surface area contributed by atoms with Gasteiger partial charge in [0.15, 0.2) is 14.9 Å². The third kappa shape index (κ3) is 4.56. The van der Waals surface area contributed by atoms with Gasteiger partial charge < -0.3 is 15.0 Å². The van der Waals surface area contributed by atoms with Crippen molar-refractivity contribution in [1.82, 2.24) is 10.2 Å². The highest BCUT2D eigenvalue weighted by atomic mass is 32.2. The number of nitrogens with one attached hydrogen (secondary N) is 1. The predicted molar refractivity (Wildman–Crippen MR) is 79.7 cm³/mol. The Kier molecular flexibility index (Phi) is 6.16. The lowest BCUT2D eigenvalue weighted by molar-refractivity contribution is 0.178. The zero-order chi connectivity index (χ0) is 13.8.